The lowest BCUT2D eigenvalue weighted by Crippen LogP contribution is -2.12. The Labute approximate surface area is 179 Å². The maximum Gasteiger partial charge on any atom is 0.255 e. The molecule has 0 aliphatic carbocycles. The molecule has 0 spiro atoms. The minimum Gasteiger partial charge on any atom is -0.494 e. The number of hydrogen-bond acceptors (Lipinski definition) is 4. The molecule has 30 heavy (non-hydrogen) atoms. The van der Waals surface area contributed by atoms with Gasteiger partial charge in [0.1, 0.15) is 11.3 Å². The third kappa shape index (κ3) is 4.02. The highest BCUT2D eigenvalue weighted by molar-refractivity contribution is 6.33. The molecule has 0 bridgehead atoms. The first-order chi connectivity index (χ1) is 14.4. The van der Waals surface area contributed by atoms with Crippen LogP contribution in [0.1, 0.15) is 28.4 Å². The first kappa shape index (κ1) is 20.0. The quantitative estimate of drug-likeness (QED) is 0.404. The standard InChI is InChI=1S/C24H21ClN2O3/c1-4-29-18-7-5-6-16(12-18)23(28)26-17-8-9-20(25)19(13-17)24-27-21-11-14(2)10-15(3)22(21)30-24/h5-13H,4H2,1-3H3,(H,26,28). The number of amides is 1. The normalized spacial score (nSPS) is 10.9. The molecule has 152 valence electrons. The molecule has 1 N–H and O–H groups in total. The minimum atomic E-state index is -0.242. The molecule has 0 aliphatic heterocycles. The van der Waals surface area contributed by atoms with E-state index < -0.39 is 0 Å². The fourth-order valence-corrected chi connectivity index (χ4v) is 3.55. The number of hydrogen-bond donors (Lipinski definition) is 1. The van der Waals surface area contributed by atoms with Crippen LogP contribution in [0.2, 0.25) is 5.02 Å². The van der Waals surface area contributed by atoms with Crippen LogP contribution in [0.3, 0.4) is 0 Å². The van der Waals surface area contributed by atoms with Crippen molar-refractivity contribution < 1.29 is 13.9 Å². The SMILES string of the molecule is CCOc1cccc(C(=O)Nc2ccc(Cl)c(-c3nc4cc(C)cc(C)c4o3)c2)c1. The average molecular weight is 421 g/mol. The van der Waals surface area contributed by atoms with Crippen molar-refractivity contribution >= 4 is 34.3 Å². The van der Waals surface area contributed by atoms with Crippen molar-refractivity contribution in [2.24, 2.45) is 0 Å². The molecule has 5 nitrogen and oxygen atoms in total. The molecule has 0 atom stereocenters. The predicted octanol–water partition coefficient (Wildman–Crippen LogP) is 6.42. The first-order valence-electron chi connectivity index (χ1n) is 9.66. The zero-order valence-corrected chi connectivity index (χ0v) is 17.7. The van der Waals surface area contributed by atoms with Crippen molar-refractivity contribution in [3.8, 4) is 17.2 Å². The van der Waals surface area contributed by atoms with E-state index in [0.717, 1.165) is 22.2 Å². The van der Waals surface area contributed by atoms with Crippen LogP contribution in [0.15, 0.2) is 59.0 Å². The lowest BCUT2D eigenvalue weighted by molar-refractivity contribution is 0.102. The molecule has 4 rings (SSSR count). The van der Waals surface area contributed by atoms with Crippen molar-refractivity contribution in [3.05, 3.63) is 76.3 Å². The fraction of sp³-hybridized carbons (Fsp3) is 0.167. The van der Waals surface area contributed by atoms with Gasteiger partial charge in [-0.15, -0.1) is 0 Å². The Kier molecular flexibility index (Phi) is 5.46. The largest absolute Gasteiger partial charge is 0.494 e. The molecule has 6 heteroatoms. The van der Waals surface area contributed by atoms with Crippen molar-refractivity contribution in [2.75, 3.05) is 11.9 Å². The van der Waals surface area contributed by atoms with Gasteiger partial charge in [0.25, 0.3) is 5.91 Å². The number of nitrogens with one attached hydrogen (secondary N) is 1. The molecule has 0 radical (unpaired) electrons. The van der Waals surface area contributed by atoms with Gasteiger partial charge in [0.2, 0.25) is 5.89 Å². The number of halogens is 1. The number of nitrogens with zero attached hydrogens (tertiary/aromatic N) is 1. The van der Waals surface area contributed by atoms with E-state index in [1.807, 2.05) is 39.0 Å². The van der Waals surface area contributed by atoms with Crippen molar-refractivity contribution in [1.29, 1.82) is 0 Å². The van der Waals surface area contributed by atoms with E-state index in [-0.39, 0.29) is 5.91 Å². The first-order valence-corrected chi connectivity index (χ1v) is 10.0. The zero-order valence-electron chi connectivity index (χ0n) is 17.0. The van der Waals surface area contributed by atoms with Crippen LogP contribution < -0.4 is 10.1 Å². The highest BCUT2D eigenvalue weighted by atomic mass is 35.5. The van der Waals surface area contributed by atoms with E-state index in [0.29, 0.717) is 40.1 Å². The Balaban J connectivity index is 1.65. The Morgan fingerprint density at radius 1 is 1.13 bits per heavy atom. The van der Waals surface area contributed by atoms with Crippen LogP contribution in [-0.2, 0) is 0 Å². The summed E-state index contributed by atoms with van der Waals surface area (Å²) >= 11 is 6.41. The molecule has 0 saturated carbocycles. The summed E-state index contributed by atoms with van der Waals surface area (Å²) in [5, 5.41) is 3.39. The summed E-state index contributed by atoms with van der Waals surface area (Å²) in [6, 6.07) is 16.3. The molecule has 1 heterocycles. The molecular formula is C24H21ClN2O3. The molecule has 4 aromatic rings. The zero-order chi connectivity index (χ0) is 21.3. The van der Waals surface area contributed by atoms with E-state index in [1.54, 1.807) is 36.4 Å². The smallest absolute Gasteiger partial charge is 0.255 e. The van der Waals surface area contributed by atoms with E-state index in [4.69, 9.17) is 20.8 Å². The Morgan fingerprint density at radius 2 is 1.97 bits per heavy atom. The number of fused-ring (bicyclic) bond motifs is 1. The Bertz CT molecular complexity index is 1250. The van der Waals surface area contributed by atoms with Gasteiger partial charge in [-0.3, -0.25) is 4.79 Å². The van der Waals surface area contributed by atoms with Crippen molar-refractivity contribution in [2.45, 2.75) is 20.8 Å². The summed E-state index contributed by atoms with van der Waals surface area (Å²) in [6.07, 6.45) is 0. The van der Waals surface area contributed by atoms with Gasteiger partial charge in [0.05, 0.1) is 17.2 Å². The number of anilines is 1. The monoisotopic (exact) mass is 420 g/mol. The van der Waals surface area contributed by atoms with Gasteiger partial charge in [-0.25, -0.2) is 4.98 Å². The molecule has 0 saturated heterocycles. The van der Waals surface area contributed by atoms with Gasteiger partial charge in [-0.05, 0) is 74.4 Å². The summed E-state index contributed by atoms with van der Waals surface area (Å²) in [4.78, 5) is 17.3. The minimum absolute atomic E-state index is 0.242. The van der Waals surface area contributed by atoms with Crippen molar-refractivity contribution in [3.63, 3.8) is 0 Å². The van der Waals surface area contributed by atoms with Crippen LogP contribution in [0.25, 0.3) is 22.6 Å². The van der Waals surface area contributed by atoms with Crippen LogP contribution in [-0.4, -0.2) is 17.5 Å². The summed E-state index contributed by atoms with van der Waals surface area (Å²) < 4.78 is 11.5. The second-order valence-electron chi connectivity index (χ2n) is 7.06. The topological polar surface area (TPSA) is 64.4 Å². The van der Waals surface area contributed by atoms with Gasteiger partial charge < -0.3 is 14.5 Å². The van der Waals surface area contributed by atoms with Gasteiger partial charge in [-0.2, -0.15) is 0 Å². The van der Waals surface area contributed by atoms with Crippen LogP contribution >= 0.6 is 11.6 Å². The van der Waals surface area contributed by atoms with Crippen molar-refractivity contribution in [1.82, 2.24) is 4.98 Å². The molecule has 0 fully saturated rings. The lowest BCUT2D eigenvalue weighted by Gasteiger charge is -2.09. The second-order valence-corrected chi connectivity index (χ2v) is 7.47. The number of ether oxygens (including phenoxy) is 1. The number of rotatable bonds is 5. The van der Waals surface area contributed by atoms with Gasteiger partial charge in [0, 0.05) is 11.3 Å². The van der Waals surface area contributed by atoms with E-state index in [1.165, 1.54) is 0 Å². The third-order valence-electron chi connectivity index (χ3n) is 4.68. The van der Waals surface area contributed by atoms with Gasteiger partial charge in [0.15, 0.2) is 5.58 Å². The Morgan fingerprint density at radius 3 is 2.77 bits per heavy atom. The Hall–Kier alpha value is -3.31. The van der Waals surface area contributed by atoms with E-state index >= 15 is 0 Å². The molecule has 3 aromatic carbocycles. The maximum absolute atomic E-state index is 12.7. The summed E-state index contributed by atoms with van der Waals surface area (Å²) in [6.45, 7) is 6.44. The molecule has 0 aliphatic rings. The summed E-state index contributed by atoms with van der Waals surface area (Å²) in [5.41, 5.74) is 5.35. The molecule has 1 aromatic heterocycles. The number of carbonyl (C=O) groups is 1. The van der Waals surface area contributed by atoms with Crippen LogP contribution in [0, 0.1) is 13.8 Å². The van der Waals surface area contributed by atoms with Gasteiger partial charge >= 0.3 is 0 Å². The van der Waals surface area contributed by atoms with E-state index in [9.17, 15) is 4.79 Å². The fourth-order valence-electron chi connectivity index (χ4n) is 3.36. The van der Waals surface area contributed by atoms with Crippen LogP contribution in [0.4, 0.5) is 5.69 Å². The highest BCUT2D eigenvalue weighted by Gasteiger charge is 2.15. The maximum atomic E-state index is 12.7. The van der Waals surface area contributed by atoms with E-state index in [2.05, 4.69) is 10.3 Å². The predicted molar refractivity (Wildman–Crippen MR) is 119 cm³/mol. The molecule has 0 unspecified atom stereocenters. The third-order valence-corrected chi connectivity index (χ3v) is 5.01. The average Bonchev–Trinajstić information content (AvgIpc) is 3.14. The molecule has 1 amide bonds. The highest BCUT2D eigenvalue weighted by Crippen LogP contribution is 2.33. The summed E-state index contributed by atoms with van der Waals surface area (Å²) in [5.74, 6) is 0.825. The lowest BCUT2D eigenvalue weighted by atomic mass is 10.1. The number of aromatic nitrogens is 1. The number of aryl methyl sites for hydroxylation is 2. The number of oxazole rings is 1. The molecular weight excluding hydrogens is 400 g/mol. The second kappa shape index (κ2) is 8.20. The number of carbonyl (C=O) groups excluding carboxylic acids is 1. The number of benzene rings is 3. The summed E-state index contributed by atoms with van der Waals surface area (Å²) in [7, 11) is 0. The van der Waals surface area contributed by atoms with Gasteiger partial charge in [-0.1, -0.05) is 23.7 Å². The van der Waals surface area contributed by atoms with Crippen LogP contribution in [0.5, 0.6) is 5.75 Å².